The Bertz CT molecular complexity index is 721. The number of carbonyl (C=O) groups is 1. The smallest absolute Gasteiger partial charge is 0.322 e. The van der Waals surface area contributed by atoms with Crippen LogP contribution in [0.1, 0.15) is 43.4 Å². The maximum absolute atomic E-state index is 13.8. The lowest BCUT2D eigenvalue weighted by Gasteiger charge is -2.27. The topological polar surface area (TPSA) is 80.5 Å². The summed E-state index contributed by atoms with van der Waals surface area (Å²) in [5.74, 6) is 0.358. The molecule has 1 saturated heterocycles. The lowest BCUT2D eigenvalue weighted by Crippen LogP contribution is -2.38. The summed E-state index contributed by atoms with van der Waals surface area (Å²) in [6.07, 6.45) is 3.56. The molecule has 7 nitrogen and oxygen atoms in total. The molecule has 1 aromatic heterocycles. The van der Waals surface area contributed by atoms with Crippen molar-refractivity contribution >= 4 is 11.7 Å². The minimum Gasteiger partial charge on any atom is -0.377 e. The second-order valence-electron chi connectivity index (χ2n) is 5.95. The van der Waals surface area contributed by atoms with Crippen molar-refractivity contribution < 1.29 is 18.4 Å². The number of likely N-dealkylation sites (tertiary alicyclic amines) is 1. The molecule has 1 unspecified atom stereocenters. The van der Waals surface area contributed by atoms with Crippen molar-refractivity contribution in [3.63, 3.8) is 0 Å². The largest absolute Gasteiger partial charge is 0.377 e. The quantitative estimate of drug-likeness (QED) is 0.914. The monoisotopic (exact) mass is 348 g/mol. The summed E-state index contributed by atoms with van der Waals surface area (Å²) in [6.45, 7) is 0.796. The lowest BCUT2D eigenvalue weighted by atomic mass is 10.1. The number of methoxy groups -OCH3 is 1. The van der Waals surface area contributed by atoms with Crippen LogP contribution in [0.4, 0.5) is 14.9 Å². The van der Waals surface area contributed by atoms with Gasteiger partial charge in [-0.25, -0.2) is 9.18 Å². The molecule has 0 aliphatic carbocycles. The Balaban J connectivity index is 1.79. The maximum atomic E-state index is 13.8. The molecule has 134 valence electrons. The highest BCUT2D eigenvalue weighted by Crippen LogP contribution is 2.30. The summed E-state index contributed by atoms with van der Waals surface area (Å²) >= 11 is 0. The minimum absolute atomic E-state index is 0.154. The van der Waals surface area contributed by atoms with Gasteiger partial charge in [-0.05, 0) is 25.0 Å². The van der Waals surface area contributed by atoms with Crippen molar-refractivity contribution in [3.05, 3.63) is 41.8 Å². The van der Waals surface area contributed by atoms with Crippen molar-refractivity contribution in [2.24, 2.45) is 0 Å². The highest BCUT2D eigenvalue weighted by molar-refractivity contribution is 5.89. The molecule has 1 aliphatic rings. The average molecular weight is 348 g/mol. The fourth-order valence-electron chi connectivity index (χ4n) is 2.95. The number of hydrogen-bond donors (Lipinski definition) is 1. The number of ether oxygens (including phenoxy) is 1. The van der Waals surface area contributed by atoms with Crippen LogP contribution >= 0.6 is 0 Å². The van der Waals surface area contributed by atoms with Gasteiger partial charge in [0, 0.05) is 13.7 Å². The van der Waals surface area contributed by atoms with Crippen LogP contribution in [-0.4, -0.2) is 34.7 Å². The minimum atomic E-state index is -0.470. The Kier molecular flexibility index (Phi) is 5.60. The molecule has 2 heterocycles. The zero-order valence-electron chi connectivity index (χ0n) is 14.1. The first-order valence-corrected chi connectivity index (χ1v) is 8.32. The fourth-order valence-corrected chi connectivity index (χ4v) is 2.95. The predicted molar refractivity (Wildman–Crippen MR) is 88.3 cm³/mol. The second-order valence-corrected chi connectivity index (χ2v) is 5.95. The van der Waals surface area contributed by atoms with Crippen molar-refractivity contribution in [1.82, 2.24) is 15.0 Å². The SMILES string of the molecule is COCc1noc(C2CCCCCN2C(=O)Nc2ccccc2F)n1. The Hall–Kier alpha value is -2.48. The molecule has 0 bridgehead atoms. The Labute approximate surface area is 145 Å². The zero-order chi connectivity index (χ0) is 17.6. The van der Waals surface area contributed by atoms with Gasteiger partial charge in [-0.3, -0.25) is 0 Å². The van der Waals surface area contributed by atoms with E-state index >= 15 is 0 Å². The van der Waals surface area contributed by atoms with E-state index in [4.69, 9.17) is 9.26 Å². The lowest BCUT2D eigenvalue weighted by molar-refractivity contribution is 0.168. The van der Waals surface area contributed by atoms with Gasteiger partial charge in [-0.1, -0.05) is 30.1 Å². The predicted octanol–water partition coefficient (Wildman–Crippen LogP) is 3.50. The third kappa shape index (κ3) is 4.14. The summed E-state index contributed by atoms with van der Waals surface area (Å²) in [7, 11) is 1.55. The van der Waals surface area contributed by atoms with Crippen LogP contribution in [0, 0.1) is 5.82 Å². The van der Waals surface area contributed by atoms with Crippen LogP contribution in [-0.2, 0) is 11.3 Å². The molecule has 3 rings (SSSR count). The van der Waals surface area contributed by atoms with Gasteiger partial charge in [0.1, 0.15) is 18.5 Å². The van der Waals surface area contributed by atoms with Crippen LogP contribution in [0.15, 0.2) is 28.8 Å². The first kappa shape index (κ1) is 17.3. The number of hydrogen-bond acceptors (Lipinski definition) is 5. The van der Waals surface area contributed by atoms with Crippen LogP contribution in [0.3, 0.4) is 0 Å². The molecule has 0 saturated carbocycles. The number of anilines is 1. The van der Waals surface area contributed by atoms with Crippen molar-refractivity contribution in [1.29, 1.82) is 0 Å². The number of aromatic nitrogens is 2. The number of halogens is 1. The highest BCUT2D eigenvalue weighted by Gasteiger charge is 2.31. The molecule has 1 aliphatic heterocycles. The van der Waals surface area contributed by atoms with Gasteiger partial charge >= 0.3 is 6.03 Å². The molecule has 0 spiro atoms. The standard InChI is InChI=1S/C17H21FN4O3/c1-24-11-15-20-16(25-21-15)14-9-3-2-6-10-22(14)17(23)19-13-8-5-4-7-12(13)18/h4-5,7-8,14H,2-3,6,9-11H2,1H3,(H,19,23). The molecule has 1 fully saturated rings. The van der Waals surface area contributed by atoms with E-state index in [1.54, 1.807) is 24.1 Å². The summed E-state index contributed by atoms with van der Waals surface area (Å²) in [6, 6.07) is 5.40. The number of nitrogens with one attached hydrogen (secondary N) is 1. The van der Waals surface area contributed by atoms with E-state index in [-0.39, 0.29) is 24.4 Å². The number of carbonyl (C=O) groups excluding carboxylic acids is 1. The van der Waals surface area contributed by atoms with E-state index in [1.165, 1.54) is 12.1 Å². The Morgan fingerprint density at radius 3 is 3.04 bits per heavy atom. The third-order valence-corrected chi connectivity index (χ3v) is 4.17. The fraction of sp³-hybridized carbons (Fsp3) is 0.471. The molecule has 25 heavy (non-hydrogen) atoms. The highest BCUT2D eigenvalue weighted by atomic mass is 19.1. The number of para-hydroxylation sites is 1. The summed E-state index contributed by atoms with van der Waals surface area (Å²) in [4.78, 5) is 18.7. The van der Waals surface area contributed by atoms with E-state index in [1.807, 2.05) is 0 Å². The van der Waals surface area contributed by atoms with Crippen LogP contribution in [0.2, 0.25) is 0 Å². The molecule has 8 heteroatoms. The second kappa shape index (κ2) is 8.06. The Morgan fingerprint density at radius 1 is 1.40 bits per heavy atom. The van der Waals surface area contributed by atoms with Crippen molar-refractivity contribution in [2.75, 3.05) is 19.0 Å². The number of nitrogens with zero attached hydrogens (tertiary/aromatic N) is 3. The molecule has 2 aromatic rings. The van der Waals surface area contributed by atoms with E-state index in [9.17, 15) is 9.18 Å². The molecule has 2 amide bonds. The van der Waals surface area contributed by atoms with E-state index in [0.717, 1.165) is 25.7 Å². The van der Waals surface area contributed by atoms with Crippen LogP contribution in [0.25, 0.3) is 0 Å². The first-order valence-electron chi connectivity index (χ1n) is 8.32. The summed E-state index contributed by atoms with van der Waals surface area (Å²) in [5, 5.41) is 6.51. The molecule has 1 N–H and O–H groups in total. The number of benzene rings is 1. The molecule has 1 atom stereocenters. The van der Waals surface area contributed by atoms with E-state index in [0.29, 0.717) is 18.3 Å². The molecule has 1 aromatic carbocycles. The molecular formula is C17H21FN4O3. The number of amides is 2. The van der Waals surface area contributed by atoms with Crippen LogP contribution in [0.5, 0.6) is 0 Å². The van der Waals surface area contributed by atoms with E-state index < -0.39 is 5.82 Å². The summed E-state index contributed by atoms with van der Waals surface area (Å²) < 4.78 is 24.1. The van der Waals surface area contributed by atoms with Gasteiger partial charge in [-0.15, -0.1) is 0 Å². The van der Waals surface area contributed by atoms with Gasteiger partial charge < -0.3 is 19.5 Å². The third-order valence-electron chi connectivity index (χ3n) is 4.17. The van der Waals surface area contributed by atoms with Gasteiger partial charge in [-0.2, -0.15) is 4.98 Å². The first-order chi connectivity index (χ1) is 12.2. The van der Waals surface area contributed by atoms with Crippen molar-refractivity contribution in [3.8, 4) is 0 Å². The van der Waals surface area contributed by atoms with Crippen LogP contribution < -0.4 is 5.32 Å². The van der Waals surface area contributed by atoms with Gasteiger partial charge in [0.05, 0.1) is 5.69 Å². The summed E-state index contributed by atoms with van der Waals surface area (Å²) in [5.41, 5.74) is 0.154. The average Bonchev–Trinajstić information content (AvgIpc) is 2.92. The number of urea groups is 1. The van der Waals surface area contributed by atoms with E-state index in [2.05, 4.69) is 15.5 Å². The molecular weight excluding hydrogens is 327 g/mol. The van der Waals surface area contributed by atoms with Gasteiger partial charge in [0.25, 0.3) is 0 Å². The normalized spacial score (nSPS) is 18.0. The Morgan fingerprint density at radius 2 is 2.24 bits per heavy atom. The van der Waals surface area contributed by atoms with Gasteiger partial charge in [0.2, 0.25) is 5.89 Å². The molecule has 0 radical (unpaired) electrons. The van der Waals surface area contributed by atoms with Gasteiger partial charge in [0.15, 0.2) is 5.82 Å². The zero-order valence-corrected chi connectivity index (χ0v) is 14.1. The number of rotatable bonds is 4. The van der Waals surface area contributed by atoms with Crippen molar-refractivity contribution in [2.45, 2.75) is 38.3 Å². The maximum Gasteiger partial charge on any atom is 0.322 e.